The highest BCUT2D eigenvalue weighted by atomic mass is 19.1. The molecule has 8 heteroatoms. The molecule has 0 bridgehead atoms. The average Bonchev–Trinajstić information content (AvgIpc) is 2.74. The number of aliphatic imine (C=N–C) groups is 2. The molecule has 0 amide bonds. The summed E-state index contributed by atoms with van der Waals surface area (Å²) in [6, 6.07) is 5.12. The molecule has 156 valence electrons. The maximum atomic E-state index is 14.6. The van der Waals surface area contributed by atoms with Gasteiger partial charge in [-0.25, -0.2) is 9.38 Å². The topological polar surface area (TPSA) is 110 Å². The van der Waals surface area contributed by atoms with Crippen molar-refractivity contribution in [2.45, 2.75) is 25.3 Å². The third-order valence-electron chi connectivity index (χ3n) is 5.10. The highest BCUT2D eigenvalue weighted by Crippen LogP contribution is 2.24. The van der Waals surface area contributed by atoms with Gasteiger partial charge in [0, 0.05) is 75.1 Å². The van der Waals surface area contributed by atoms with E-state index in [1.54, 1.807) is 25.4 Å². The van der Waals surface area contributed by atoms with Crippen molar-refractivity contribution in [3.05, 3.63) is 47.0 Å². The molecule has 3 rings (SSSR count). The standard InChI is InChI=1S/C21H29FN6O/c1-25-12-15(11-23)14-2-3-20(18(22)10-14)28-21(24)17-13-26-7-4-19(17)27-16-5-8-29-9-6-16/h2-3,10-12,16,26-27H,4-9,13,23H2,1H3,(H2,24,28). The second-order valence-corrected chi connectivity index (χ2v) is 7.09. The summed E-state index contributed by atoms with van der Waals surface area (Å²) < 4.78 is 20.1. The number of hydrogen-bond donors (Lipinski definition) is 4. The molecule has 29 heavy (non-hydrogen) atoms. The molecule has 0 atom stereocenters. The predicted molar refractivity (Wildman–Crippen MR) is 116 cm³/mol. The van der Waals surface area contributed by atoms with Crippen LogP contribution >= 0.6 is 0 Å². The highest BCUT2D eigenvalue weighted by molar-refractivity contribution is 6.09. The zero-order valence-electron chi connectivity index (χ0n) is 16.7. The van der Waals surface area contributed by atoms with E-state index in [0.29, 0.717) is 29.6 Å². The number of nitrogens with zero attached hydrogens (tertiary/aromatic N) is 2. The Hall–Kier alpha value is -2.71. The SMILES string of the molecule is CN=CC(=CN)c1ccc(N=C(N)C2=C(NC3CCOCC3)CCNC2)c(F)c1. The van der Waals surface area contributed by atoms with Gasteiger partial charge in [0.2, 0.25) is 0 Å². The van der Waals surface area contributed by atoms with Gasteiger partial charge in [0.15, 0.2) is 0 Å². The fraction of sp³-hybridized carbons (Fsp3) is 0.429. The molecule has 2 aliphatic rings. The molecule has 6 N–H and O–H groups in total. The van der Waals surface area contributed by atoms with Gasteiger partial charge in [-0.1, -0.05) is 6.07 Å². The summed E-state index contributed by atoms with van der Waals surface area (Å²) in [5.41, 5.74) is 15.3. The Labute approximate surface area is 170 Å². The van der Waals surface area contributed by atoms with Crippen molar-refractivity contribution < 1.29 is 9.13 Å². The molecule has 0 unspecified atom stereocenters. The van der Waals surface area contributed by atoms with Crippen molar-refractivity contribution in [3.8, 4) is 0 Å². The van der Waals surface area contributed by atoms with E-state index in [9.17, 15) is 4.39 Å². The maximum Gasteiger partial charge on any atom is 0.149 e. The number of amidine groups is 1. The lowest BCUT2D eigenvalue weighted by Gasteiger charge is -2.29. The second-order valence-electron chi connectivity index (χ2n) is 7.09. The number of hydrogen-bond acceptors (Lipinski definition) is 6. The summed E-state index contributed by atoms with van der Waals surface area (Å²) in [5, 5.41) is 6.92. The number of benzene rings is 1. The summed E-state index contributed by atoms with van der Waals surface area (Å²) in [6.45, 7) is 3.01. The van der Waals surface area contributed by atoms with Crippen molar-refractivity contribution in [1.29, 1.82) is 0 Å². The van der Waals surface area contributed by atoms with Crippen molar-refractivity contribution in [2.75, 3.05) is 33.4 Å². The monoisotopic (exact) mass is 400 g/mol. The number of ether oxygens (including phenoxy) is 1. The van der Waals surface area contributed by atoms with Gasteiger partial charge in [-0.3, -0.25) is 4.99 Å². The fourth-order valence-electron chi connectivity index (χ4n) is 3.50. The van der Waals surface area contributed by atoms with Crippen molar-refractivity contribution >= 4 is 23.3 Å². The van der Waals surface area contributed by atoms with Crippen LogP contribution in [0.15, 0.2) is 45.7 Å². The smallest absolute Gasteiger partial charge is 0.149 e. The van der Waals surface area contributed by atoms with Crippen LogP contribution in [0.1, 0.15) is 24.8 Å². The number of allylic oxidation sites excluding steroid dienone is 1. The Balaban J connectivity index is 1.84. The lowest BCUT2D eigenvalue weighted by Crippen LogP contribution is -2.41. The largest absolute Gasteiger partial charge is 0.404 e. The van der Waals surface area contributed by atoms with E-state index in [1.807, 2.05) is 0 Å². The highest BCUT2D eigenvalue weighted by Gasteiger charge is 2.20. The van der Waals surface area contributed by atoms with Crippen LogP contribution in [0.2, 0.25) is 0 Å². The van der Waals surface area contributed by atoms with Crippen LogP contribution in [0.5, 0.6) is 0 Å². The van der Waals surface area contributed by atoms with Crippen molar-refractivity contribution in [2.24, 2.45) is 21.5 Å². The van der Waals surface area contributed by atoms with Gasteiger partial charge in [-0.15, -0.1) is 0 Å². The Bertz CT molecular complexity index is 840. The molecule has 0 saturated carbocycles. The number of halogens is 1. The molecule has 1 aromatic rings. The Morgan fingerprint density at radius 1 is 1.34 bits per heavy atom. The molecule has 0 spiro atoms. The lowest BCUT2D eigenvalue weighted by molar-refractivity contribution is 0.0800. The first-order valence-corrected chi connectivity index (χ1v) is 9.88. The summed E-state index contributed by atoms with van der Waals surface area (Å²) >= 11 is 0. The normalized spacial score (nSPS) is 19.8. The van der Waals surface area contributed by atoms with Crippen LogP contribution in [-0.4, -0.2) is 51.4 Å². The number of nitrogens with one attached hydrogen (secondary N) is 2. The zero-order valence-corrected chi connectivity index (χ0v) is 16.7. The van der Waals surface area contributed by atoms with E-state index in [0.717, 1.165) is 50.3 Å². The zero-order chi connectivity index (χ0) is 20.6. The Kier molecular flexibility index (Phi) is 7.37. The molecule has 0 radical (unpaired) electrons. The second kappa shape index (κ2) is 10.2. The molecule has 2 heterocycles. The minimum atomic E-state index is -0.461. The Morgan fingerprint density at radius 3 is 2.83 bits per heavy atom. The lowest BCUT2D eigenvalue weighted by atomic mass is 10.0. The summed E-state index contributed by atoms with van der Waals surface area (Å²) in [4.78, 5) is 8.30. The van der Waals surface area contributed by atoms with Gasteiger partial charge in [0.1, 0.15) is 17.3 Å². The van der Waals surface area contributed by atoms with E-state index in [4.69, 9.17) is 16.2 Å². The van der Waals surface area contributed by atoms with Gasteiger partial charge < -0.3 is 26.8 Å². The van der Waals surface area contributed by atoms with Crippen LogP contribution in [-0.2, 0) is 4.74 Å². The van der Waals surface area contributed by atoms with E-state index in [-0.39, 0.29) is 5.69 Å². The fourth-order valence-corrected chi connectivity index (χ4v) is 3.50. The van der Waals surface area contributed by atoms with Crippen molar-refractivity contribution in [1.82, 2.24) is 10.6 Å². The predicted octanol–water partition coefficient (Wildman–Crippen LogP) is 1.83. The minimum absolute atomic E-state index is 0.194. The molecule has 0 aromatic heterocycles. The quantitative estimate of drug-likeness (QED) is 0.430. The molecule has 1 fully saturated rings. The van der Waals surface area contributed by atoms with E-state index in [1.165, 1.54) is 12.3 Å². The molecular formula is C21H29FN6O. The summed E-state index contributed by atoms with van der Waals surface area (Å²) in [7, 11) is 1.64. The molecule has 1 saturated heterocycles. The first-order chi connectivity index (χ1) is 14.1. The van der Waals surface area contributed by atoms with Gasteiger partial charge in [0.05, 0.1) is 0 Å². The van der Waals surface area contributed by atoms with Gasteiger partial charge >= 0.3 is 0 Å². The van der Waals surface area contributed by atoms with Gasteiger partial charge in [0.25, 0.3) is 0 Å². The maximum absolute atomic E-state index is 14.6. The molecule has 2 aliphatic heterocycles. The van der Waals surface area contributed by atoms with Crippen molar-refractivity contribution in [3.63, 3.8) is 0 Å². The molecular weight excluding hydrogens is 371 g/mol. The van der Waals surface area contributed by atoms with E-state index < -0.39 is 5.82 Å². The van der Waals surface area contributed by atoms with Crippen LogP contribution in [0.4, 0.5) is 10.1 Å². The Morgan fingerprint density at radius 2 is 2.14 bits per heavy atom. The average molecular weight is 401 g/mol. The third-order valence-corrected chi connectivity index (χ3v) is 5.10. The number of rotatable bonds is 6. The first kappa shape index (κ1) is 21.0. The van der Waals surface area contributed by atoms with E-state index >= 15 is 0 Å². The first-order valence-electron chi connectivity index (χ1n) is 9.88. The third kappa shape index (κ3) is 5.42. The molecule has 0 aliphatic carbocycles. The van der Waals surface area contributed by atoms with Crippen LogP contribution in [0.3, 0.4) is 0 Å². The van der Waals surface area contributed by atoms with Crippen LogP contribution < -0.4 is 22.1 Å². The summed E-state index contributed by atoms with van der Waals surface area (Å²) in [6.07, 6.45) is 5.75. The van der Waals surface area contributed by atoms with Gasteiger partial charge in [-0.2, -0.15) is 0 Å². The van der Waals surface area contributed by atoms with E-state index in [2.05, 4.69) is 20.6 Å². The van der Waals surface area contributed by atoms with Crippen LogP contribution in [0.25, 0.3) is 5.57 Å². The van der Waals surface area contributed by atoms with Gasteiger partial charge in [-0.05, 0) is 30.5 Å². The molecule has 7 nitrogen and oxygen atoms in total. The minimum Gasteiger partial charge on any atom is -0.404 e. The summed E-state index contributed by atoms with van der Waals surface area (Å²) in [5.74, 6) is -0.138. The number of nitrogens with two attached hydrogens (primary N) is 2. The van der Waals surface area contributed by atoms with Crippen LogP contribution in [0, 0.1) is 5.82 Å². The molecule has 1 aromatic carbocycles.